The second-order valence-electron chi connectivity index (χ2n) is 5.84. The highest BCUT2D eigenvalue weighted by Crippen LogP contribution is 2.27. The summed E-state index contributed by atoms with van der Waals surface area (Å²) in [5.74, 6) is 0.250. The molecule has 2 aromatic carbocycles. The molecule has 25 heavy (non-hydrogen) atoms. The van der Waals surface area contributed by atoms with Crippen LogP contribution in [0.15, 0.2) is 48.0 Å². The van der Waals surface area contributed by atoms with Crippen LogP contribution in [-0.2, 0) is 4.79 Å². The van der Waals surface area contributed by atoms with Crippen molar-refractivity contribution in [1.29, 1.82) is 0 Å². The fourth-order valence-electron chi connectivity index (χ4n) is 2.47. The highest BCUT2D eigenvalue weighted by Gasteiger charge is 2.18. The van der Waals surface area contributed by atoms with E-state index in [2.05, 4.69) is 5.32 Å². The van der Waals surface area contributed by atoms with Crippen LogP contribution in [-0.4, -0.2) is 37.4 Å². The fourth-order valence-corrected chi connectivity index (χ4v) is 2.66. The molecule has 2 amide bonds. The van der Waals surface area contributed by atoms with E-state index in [1.54, 1.807) is 38.4 Å². The van der Waals surface area contributed by atoms with E-state index in [1.165, 1.54) is 4.90 Å². The largest absolute Gasteiger partial charge is 0.488 e. The Hall–Kier alpha value is -2.79. The zero-order valence-corrected chi connectivity index (χ0v) is 14.6. The number of nitrogens with zero attached hydrogens (tertiary/aromatic N) is 1. The molecular formula is C19H17ClN2O3. The average Bonchev–Trinajstić information content (AvgIpc) is 2.62. The van der Waals surface area contributed by atoms with Crippen molar-refractivity contribution in [3.63, 3.8) is 0 Å². The van der Waals surface area contributed by atoms with Crippen LogP contribution in [0.25, 0.3) is 6.08 Å². The second-order valence-corrected chi connectivity index (χ2v) is 6.25. The number of amides is 2. The monoisotopic (exact) mass is 356 g/mol. The van der Waals surface area contributed by atoms with Crippen LogP contribution in [0, 0.1) is 0 Å². The van der Waals surface area contributed by atoms with Crippen molar-refractivity contribution < 1.29 is 14.3 Å². The molecule has 0 bridgehead atoms. The van der Waals surface area contributed by atoms with Crippen molar-refractivity contribution in [3.05, 3.63) is 64.2 Å². The van der Waals surface area contributed by atoms with Gasteiger partial charge in [-0.05, 0) is 30.3 Å². The topological polar surface area (TPSA) is 58.6 Å². The molecule has 0 saturated heterocycles. The molecule has 0 saturated carbocycles. The second kappa shape index (κ2) is 6.99. The van der Waals surface area contributed by atoms with Crippen molar-refractivity contribution in [3.8, 4) is 5.75 Å². The summed E-state index contributed by atoms with van der Waals surface area (Å²) in [6.45, 7) is 0.194. The Morgan fingerprint density at radius 1 is 1.16 bits per heavy atom. The minimum Gasteiger partial charge on any atom is -0.488 e. The molecule has 128 valence electrons. The SMILES string of the molecule is CN(C)C(=O)c1cc(NC(=O)C2=Cc3ccccc3OC2)ccc1Cl. The highest BCUT2D eigenvalue weighted by molar-refractivity contribution is 6.34. The number of ether oxygens (including phenoxy) is 1. The lowest BCUT2D eigenvalue weighted by Gasteiger charge is -2.18. The molecule has 2 aromatic rings. The third-order valence-electron chi connectivity index (χ3n) is 3.78. The lowest BCUT2D eigenvalue weighted by atomic mass is 10.1. The summed E-state index contributed by atoms with van der Waals surface area (Å²) in [5, 5.41) is 3.13. The number of rotatable bonds is 3. The first kappa shape index (κ1) is 17.0. The van der Waals surface area contributed by atoms with Crippen LogP contribution >= 0.6 is 11.6 Å². The molecule has 0 aliphatic carbocycles. The number of hydrogen-bond donors (Lipinski definition) is 1. The van der Waals surface area contributed by atoms with Crippen LogP contribution in [0.2, 0.25) is 5.02 Å². The first-order valence-electron chi connectivity index (χ1n) is 7.70. The third kappa shape index (κ3) is 3.67. The Bertz CT molecular complexity index is 875. The summed E-state index contributed by atoms with van der Waals surface area (Å²) in [5.41, 5.74) is 2.20. The Morgan fingerprint density at radius 2 is 1.92 bits per heavy atom. The van der Waals surface area contributed by atoms with Crippen molar-refractivity contribution >= 4 is 35.2 Å². The molecule has 0 radical (unpaired) electrons. The maximum absolute atomic E-state index is 12.5. The van der Waals surface area contributed by atoms with Gasteiger partial charge in [0, 0.05) is 25.3 Å². The Balaban J connectivity index is 1.81. The molecule has 3 rings (SSSR count). The first-order chi connectivity index (χ1) is 12.0. The van der Waals surface area contributed by atoms with E-state index in [0.717, 1.165) is 11.3 Å². The van der Waals surface area contributed by atoms with Gasteiger partial charge in [0.15, 0.2) is 0 Å². The Labute approximate surface area is 150 Å². The molecule has 0 unspecified atom stereocenters. The molecule has 1 aliphatic rings. The van der Waals surface area contributed by atoms with Gasteiger partial charge in [-0.15, -0.1) is 0 Å². The van der Waals surface area contributed by atoms with Crippen LogP contribution in [0.4, 0.5) is 5.69 Å². The minimum absolute atomic E-state index is 0.194. The number of halogens is 1. The zero-order chi connectivity index (χ0) is 18.0. The zero-order valence-electron chi connectivity index (χ0n) is 13.9. The quantitative estimate of drug-likeness (QED) is 0.916. The normalized spacial score (nSPS) is 12.5. The number of hydrogen-bond acceptors (Lipinski definition) is 3. The summed E-state index contributed by atoms with van der Waals surface area (Å²) in [7, 11) is 3.29. The fraction of sp³-hybridized carbons (Fsp3) is 0.158. The van der Waals surface area contributed by atoms with Gasteiger partial charge < -0.3 is 15.0 Å². The molecule has 1 heterocycles. The van der Waals surface area contributed by atoms with Crippen LogP contribution in [0.1, 0.15) is 15.9 Å². The van der Waals surface area contributed by atoms with E-state index in [-0.39, 0.29) is 18.4 Å². The molecule has 6 heteroatoms. The van der Waals surface area contributed by atoms with Gasteiger partial charge in [-0.3, -0.25) is 9.59 Å². The summed E-state index contributed by atoms with van der Waals surface area (Å²) >= 11 is 6.09. The smallest absolute Gasteiger partial charge is 0.255 e. The maximum Gasteiger partial charge on any atom is 0.255 e. The molecule has 1 N–H and O–H groups in total. The molecule has 5 nitrogen and oxygen atoms in total. The van der Waals surface area contributed by atoms with Gasteiger partial charge in [-0.1, -0.05) is 29.8 Å². The number of fused-ring (bicyclic) bond motifs is 1. The number of carbonyl (C=O) groups is 2. The van der Waals surface area contributed by atoms with E-state index in [1.807, 2.05) is 24.3 Å². The van der Waals surface area contributed by atoms with Gasteiger partial charge in [0.25, 0.3) is 11.8 Å². The van der Waals surface area contributed by atoms with Crippen molar-refractivity contribution in [2.45, 2.75) is 0 Å². The van der Waals surface area contributed by atoms with Gasteiger partial charge in [-0.2, -0.15) is 0 Å². The summed E-state index contributed by atoms with van der Waals surface area (Å²) < 4.78 is 5.60. The Morgan fingerprint density at radius 3 is 2.68 bits per heavy atom. The summed E-state index contributed by atoms with van der Waals surface area (Å²) in [6.07, 6.45) is 1.80. The lowest BCUT2D eigenvalue weighted by Crippen LogP contribution is -2.23. The standard InChI is InChI=1S/C19H17ClN2O3/c1-22(2)19(24)15-10-14(7-8-16(15)20)21-18(23)13-9-12-5-3-4-6-17(12)25-11-13/h3-10H,11H2,1-2H3,(H,21,23). The first-order valence-corrected chi connectivity index (χ1v) is 8.08. The molecule has 0 aromatic heterocycles. The number of benzene rings is 2. The molecular weight excluding hydrogens is 340 g/mol. The highest BCUT2D eigenvalue weighted by atomic mass is 35.5. The molecule has 0 atom stereocenters. The van der Waals surface area contributed by atoms with Crippen LogP contribution in [0.3, 0.4) is 0 Å². The lowest BCUT2D eigenvalue weighted by molar-refractivity contribution is -0.113. The predicted octanol–water partition coefficient (Wildman–Crippen LogP) is 3.46. The van der Waals surface area contributed by atoms with Crippen LogP contribution < -0.4 is 10.1 Å². The summed E-state index contributed by atoms with van der Waals surface area (Å²) in [4.78, 5) is 26.1. The summed E-state index contributed by atoms with van der Waals surface area (Å²) in [6, 6.07) is 12.3. The van der Waals surface area contributed by atoms with E-state index in [4.69, 9.17) is 16.3 Å². The van der Waals surface area contributed by atoms with E-state index >= 15 is 0 Å². The minimum atomic E-state index is -0.278. The third-order valence-corrected chi connectivity index (χ3v) is 4.11. The predicted molar refractivity (Wildman–Crippen MR) is 98.0 cm³/mol. The van der Waals surface area contributed by atoms with Gasteiger partial charge in [0.2, 0.25) is 0 Å². The number of nitrogens with one attached hydrogen (secondary N) is 1. The van der Waals surface area contributed by atoms with Gasteiger partial charge >= 0.3 is 0 Å². The number of anilines is 1. The molecule has 0 fully saturated rings. The van der Waals surface area contributed by atoms with Gasteiger partial charge in [0.05, 0.1) is 16.2 Å². The van der Waals surface area contributed by atoms with E-state index < -0.39 is 0 Å². The van der Waals surface area contributed by atoms with Crippen molar-refractivity contribution in [2.75, 3.05) is 26.0 Å². The van der Waals surface area contributed by atoms with Crippen LogP contribution in [0.5, 0.6) is 5.75 Å². The molecule has 1 aliphatic heterocycles. The van der Waals surface area contributed by atoms with Crippen molar-refractivity contribution in [2.24, 2.45) is 0 Å². The van der Waals surface area contributed by atoms with Crippen molar-refractivity contribution in [1.82, 2.24) is 4.90 Å². The van der Waals surface area contributed by atoms with E-state index in [9.17, 15) is 9.59 Å². The van der Waals surface area contributed by atoms with E-state index in [0.29, 0.717) is 21.8 Å². The molecule has 0 spiro atoms. The number of carbonyl (C=O) groups excluding carboxylic acids is 2. The maximum atomic E-state index is 12.5. The number of para-hydroxylation sites is 1. The Kier molecular flexibility index (Phi) is 4.76. The van der Waals surface area contributed by atoms with Gasteiger partial charge in [-0.25, -0.2) is 0 Å². The van der Waals surface area contributed by atoms with Gasteiger partial charge in [0.1, 0.15) is 12.4 Å². The average molecular weight is 357 g/mol.